The average molecular weight is 374 g/mol. The van der Waals surface area contributed by atoms with E-state index in [2.05, 4.69) is 10.1 Å². The quantitative estimate of drug-likeness (QED) is 0.504. The highest BCUT2D eigenvalue weighted by Crippen LogP contribution is 2.30. The van der Waals surface area contributed by atoms with E-state index < -0.39 is 11.6 Å². The molecule has 0 aliphatic rings. The highest BCUT2D eigenvalue weighted by Gasteiger charge is 2.20. The predicted molar refractivity (Wildman–Crippen MR) is 100 cm³/mol. The van der Waals surface area contributed by atoms with Gasteiger partial charge in [0.25, 0.3) is 0 Å². The Morgan fingerprint density at radius 3 is 2.62 bits per heavy atom. The number of fused-ring (bicyclic) bond motifs is 1. The van der Waals surface area contributed by atoms with E-state index in [0.29, 0.717) is 22.2 Å². The third kappa shape index (κ3) is 3.51. The van der Waals surface area contributed by atoms with Gasteiger partial charge in [-0.1, -0.05) is 11.6 Å². The van der Waals surface area contributed by atoms with Crippen LogP contribution in [0.2, 0.25) is 5.15 Å². The Labute approximate surface area is 156 Å². The summed E-state index contributed by atoms with van der Waals surface area (Å²) in [6, 6.07) is 6.86. The Kier molecular flexibility index (Phi) is 4.63. The molecular weight excluding hydrogens is 354 g/mol. The Morgan fingerprint density at radius 2 is 1.96 bits per heavy atom. The molecule has 2 aromatic heterocycles. The van der Waals surface area contributed by atoms with Gasteiger partial charge in [0, 0.05) is 17.6 Å². The second-order valence-electron chi connectivity index (χ2n) is 6.91. The first-order valence-electron chi connectivity index (χ1n) is 8.12. The lowest BCUT2D eigenvalue weighted by Gasteiger charge is -2.20. The van der Waals surface area contributed by atoms with Crippen LogP contribution < -0.4 is 4.74 Å². The van der Waals surface area contributed by atoms with Gasteiger partial charge >= 0.3 is 5.97 Å². The molecular formula is C19H20ClN3O3. The molecule has 0 atom stereocenters. The maximum Gasteiger partial charge on any atom is 0.338 e. The number of aryl methyl sites for hydroxylation is 1. The largest absolute Gasteiger partial charge is 0.494 e. The molecule has 0 saturated carbocycles. The van der Waals surface area contributed by atoms with Crippen LogP contribution in [0.4, 0.5) is 0 Å². The second kappa shape index (κ2) is 6.61. The summed E-state index contributed by atoms with van der Waals surface area (Å²) in [5.41, 5.74) is 2.17. The number of hydrogen-bond donors (Lipinski definition) is 0. The number of aromatic nitrogens is 3. The molecule has 0 bridgehead atoms. The Bertz CT molecular complexity index is 990. The molecule has 136 valence electrons. The first-order valence-corrected chi connectivity index (χ1v) is 8.50. The molecule has 0 aliphatic heterocycles. The van der Waals surface area contributed by atoms with Crippen molar-refractivity contribution in [1.29, 1.82) is 0 Å². The van der Waals surface area contributed by atoms with Crippen LogP contribution in [0.15, 0.2) is 30.5 Å². The third-order valence-electron chi connectivity index (χ3n) is 3.76. The van der Waals surface area contributed by atoms with Crippen LogP contribution in [-0.2, 0) is 4.74 Å². The summed E-state index contributed by atoms with van der Waals surface area (Å²) in [5.74, 6) is 0.0989. The minimum atomic E-state index is -0.567. The van der Waals surface area contributed by atoms with Gasteiger partial charge in [-0.3, -0.25) is 0 Å². The van der Waals surface area contributed by atoms with E-state index in [9.17, 15) is 4.79 Å². The summed E-state index contributed by atoms with van der Waals surface area (Å²) in [5, 5.41) is 5.84. The minimum Gasteiger partial charge on any atom is -0.494 e. The lowest BCUT2D eigenvalue weighted by Crippen LogP contribution is -2.23. The molecule has 0 aliphatic carbocycles. The number of carbonyl (C=O) groups is 1. The van der Waals surface area contributed by atoms with Gasteiger partial charge in [0.1, 0.15) is 22.2 Å². The Morgan fingerprint density at radius 1 is 1.23 bits per heavy atom. The summed E-state index contributed by atoms with van der Waals surface area (Å²) in [6.45, 7) is 7.38. The molecule has 0 fully saturated rings. The molecule has 26 heavy (non-hydrogen) atoms. The highest BCUT2D eigenvalue weighted by atomic mass is 35.5. The van der Waals surface area contributed by atoms with Gasteiger partial charge in [0.15, 0.2) is 0 Å². The molecule has 7 heteroatoms. The van der Waals surface area contributed by atoms with E-state index in [1.165, 1.54) is 0 Å². The maximum atomic E-state index is 12.3. The van der Waals surface area contributed by atoms with E-state index in [-0.39, 0.29) is 0 Å². The van der Waals surface area contributed by atoms with E-state index in [4.69, 9.17) is 21.1 Å². The number of nitrogens with zero attached hydrogens (tertiary/aromatic N) is 3. The van der Waals surface area contributed by atoms with Crippen molar-refractivity contribution >= 4 is 28.5 Å². The van der Waals surface area contributed by atoms with Gasteiger partial charge in [0.05, 0.1) is 23.9 Å². The van der Waals surface area contributed by atoms with Gasteiger partial charge in [-0.15, -0.1) is 0 Å². The molecule has 0 radical (unpaired) electrons. The van der Waals surface area contributed by atoms with Crippen molar-refractivity contribution in [2.45, 2.75) is 33.3 Å². The first kappa shape index (κ1) is 18.2. The van der Waals surface area contributed by atoms with E-state index >= 15 is 0 Å². The van der Waals surface area contributed by atoms with E-state index in [1.807, 2.05) is 27.7 Å². The zero-order valence-corrected chi connectivity index (χ0v) is 16.1. The lowest BCUT2D eigenvalue weighted by atomic mass is 10.1. The Hall–Kier alpha value is -2.60. The van der Waals surface area contributed by atoms with Crippen LogP contribution in [0.5, 0.6) is 5.75 Å². The summed E-state index contributed by atoms with van der Waals surface area (Å²) in [4.78, 5) is 16.4. The minimum absolute atomic E-state index is 0.378. The van der Waals surface area contributed by atoms with Gasteiger partial charge < -0.3 is 9.47 Å². The molecule has 3 rings (SSSR count). The van der Waals surface area contributed by atoms with Crippen molar-refractivity contribution < 1.29 is 14.3 Å². The number of ether oxygens (including phenoxy) is 2. The van der Waals surface area contributed by atoms with E-state index in [1.54, 1.807) is 42.3 Å². The van der Waals surface area contributed by atoms with Gasteiger partial charge in [0.2, 0.25) is 0 Å². The van der Waals surface area contributed by atoms with Crippen LogP contribution >= 0.6 is 11.6 Å². The van der Waals surface area contributed by atoms with Crippen molar-refractivity contribution in [3.8, 4) is 11.4 Å². The Balaban J connectivity index is 2.10. The van der Waals surface area contributed by atoms with Crippen molar-refractivity contribution in [2.24, 2.45) is 0 Å². The number of esters is 1. The van der Waals surface area contributed by atoms with Crippen molar-refractivity contribution in [3.05, 3.63) is 46.9 Å². The summed E-state index contributed by atoms with van der Waals surface area (Å²) >= 11 is 6.04. The predicted octanol–water partition coefficient (Wildman–Crippen LogP) is 4.35. The molecule has 0 saturated heterocycles. The number of methoxy groups -OCH3 is 1. The molecule has 0 amide bonds. The average Bonchev–Trinajstić information content (AvgIpc) is 2.88. The van der Waals surface area contributed by atoms with Crippen LogP contribution in [0.1, 0.15) is 36.8 Å². The van der Waals surface area contributed by atoms with Crippen LogP contribution in [0.3, 0.4) is 0 Å². The van der Waals surface area contributed by atoms with Crippen LogP contribution in [-0.4, -0.2) is 33.4 Å². The third-order valence-corrected chi connectivity index (χ3v) is 3.97. The topological polar surface area (TPSA) is 66.2 Å². The SMILES string of the molecule is COc1cc(C(=O)OC(C)(C)C)ccc1-n1nc(C)c2cnc(Cl)cc21. The fourth-order valence-electron chi connectivity index (χ4n) is 2.63. The molecule has 0 unspecified atom stereocenters. The van der Waals surface area contributed by atoms with E-state index in [0.717, 1.165) is 16.6 Å². The van der Waals surface area contributed by atoms with Crippen molar-refractivity contribution in [1.82, 2.24) is 14.8 Å². The van der Waals surface area contributed by atoms with Crippen LogP contribution in [0, 0.1) is 6.92 Å². The van der Waals surface area contributed by atoms with Gasteiger partial charge in [-0.25, -0.2) is 14.5 Å². The fourth-order valence-corrected chi connectivity index (χ4v) is 2.78. The first-order chi connectivity index (χ1) is 12.2. The van der Waals surface area contributed by atoms with Gasteiger partial charge in [-0.2, -0.15) is 5.10 Å². The molecule has 3 aromatic rings. The molecule has 2 heterocycles. The number of carbonyl (C=O) groups excluding carboxylic acids is 1. The number of rotatable bonds is 3. The fraction of sp³-hybridized carbons (Fsp3) is 0.316. The van der Waals surface area contributed by atoms with Gasteiger partial charge in [-0.05, 0) is 45.9 Å². The monoisotopic (exact) mass is 373 g/mol. The number of hydrogen-bond acceptors (Lipinski definition) is 5. The molecule has 6 nitrogen and oxygen atoms in total. The standard InChI is InChI=1S/C19H20ClN3O3/c1-11-13-10-21-17(20)9-15(13)23(22-11)14-7-6-12(8-16(14)25-5)18(24)26-19(2,3)4/h6-10H,1-5H3. The maximum absolute atomic E-state index is 12.3. The second-order valence-corrected chi connectivity index (χ2v) is 7.30. The summed E-state index contributed by atoms with van der Waals surface area (Å²) in [6.07, 6.45) is 1.69. The van der Waals surface area contributed by atoms with Crippen molar-refractivity contribution in [2.75, 3.05) is 7.11 Å². The summed E-state index contributed by atoms with van der Waals surface area (Å²) < 4.78 is 12.6. The van der Waals surface area contributed by atoms with Crippen LogP contribution in [0.25, 0.3) is 16.6 Å². The smallest absolute Gasteiger partial charge is 0.338 e. The molecule has 1 aromatic carbocycles. The zero-order valence-electron chi connectivity index (χ0n) is 15.3. The lowest BCUT2D eigenvalue weighted by molar-refractivity contribution is 0.00692. The summed E-state index contributed by atoms with van der Waals surface area (Å²) in [7, 11) is 1.55. The number of benzene rings is 1. The normalized spacial score (nSPS) is 11.6. The molecule has 0 spiro atoms. The number of halogens is 1. The molecule has 0 N–H and O–H groups in total. The van der Waals surface area contributed by atoms with Crippen molar-refractivity contribution in [3.63, 3.8) is 0 Å². The number of pyridine rings is 1. The highest BCUT2D eigenvalue weighted by molar-refractivity contribution is 6.30. The zero-order chi connectivity index (χ0) is 19.1.